The van der Waals surface area contributed by atoms with Gasteiger partial charge in [-0.3, -0.25) is 38.4 Å². The van der Waals surface area contributed by atoms with Crippen LogP contribution in [0.3, 0.4) is 0 Å². The molecular weight excluding hydrogens is 1690 g/mol. The van der Waals surface area contributed by atoms with E-state index in [0.29, 0.717) is 36.4 Å². The first-order valence-electron chi connectivity index (χ1n) is 34.1. The van der Waals surface area contributed by atoms with Crippen molar-refractivity contribution in [1.29, 1.82) is 0 Å². The number of carboxylic acids is 2. The molecule has 0 spiro atoms. The summed E-state index contributed by atoms with van der Waals surface area (Å²) >= 11 is 2.91. The van der Waals surface area contributed by atoms with E-state index >= 15 is 0 Å². The second kappa shape index (κ2) is 45.7. The lowest BCUT2D eigenvalue weighted by molar-refractivity contribution is -0.195. The Balaban J connectivity index is 0.000000294. The molecule has 3 amide bonds. The number of unbranched alkanes of at least 4 members (excludes halogenated alkanes) is 4. The monoisotopic (exact) mass is 1760 g/mol. The standard InChI is InChI=1S/C16H15F2NO6.C13H10F2O5.C12H8F2O4.2C10H6F2O3.C6H7NO4.C6H13NO2.C3H5BrO2/c17-10-7-8-6-9(16(24)25-14(8)12(18)13(10)22)15(23)19-5-3-1-2-4-11(20)21;1-6-3-8-4-9(14)12(19-5-18-7(2)16)10(15)11(8)20-13(6)17;1-5-3-7-4-8(13)11(17-6(2)15)9(14)10(7)18-12(5)16;2*1-4-2-5-3-6(11)8(13)7(12)9(5)15-10(4)14;1-4(8)11-7-5(9)2-3-6(7)10;7-5-3-1-2-4-6(8)9;1-3(5)6-2-4/h6-7,22H,1-5H2,(H,19,23)(H,20,21);3-4H,5H2,1-2H3;3-4H,1-2H3;2*2-3,13H,1H3;2-3H2,1H3;1-5,7H2,(H,8,9);2H2,1H3. The third-order valence-corrected chi connectivity index (χ3v) is 15.2. The van der Waals surface area contributed by atoms with Crippen LogP contribution < -0.4 is 48.7 Å². The summed E-state index contributed by atoms with van der Waals surface area (Å²) in [6.45, 7) is 10.7. The predicted molar refractivity (Wildman–Crippen MR) is 397 cm³/mol. The lowest BCUT2D eigenvalue weighted by atomic mass is 10.1. The number of phenols is 3. The topological polar surface area (TPSA) is 493 Å². The molecule has 32 nitrogen and oxygen atoms in total. The number of ether oxygens (including phenoxy) is 4. The van der Waals surface area contributed by atoms with E-state index in [1.54, 1.807) is 0 Å². The number of carbonyl (C=O) groups is 9. The smallest absolute Gasteiger partial charge is 0.349 e. The maximum Gasteiger partial charge on any atom is 0.349 e. The summed E-state index contributed by atoms with van der Waals surface area (Å²) in [5.74, 6) is -22.7. The van der Waals surface area contributed by atoms with Gasteiger partial charge < -0.3 is 82.5 Å². The lowest BCUT2D eigenvalue weighted by Crippen LogP contribution is -2.30. The molecule has 119 heavy (non-hydrogen) atoms. The molecule has 0 radical (unpaired) electrons. The summed E-state index contributed by atoms with van der Waals surface area (Å²) in [6.07, 6.45) is 4.75. The Labute approximate surface area is 668 Å². The highest BCUT2D eigenvalue weighted by Crippen LogP contribution is 2.34. The molecule has 0 aliphatic carbocycles. The first kappa shape index (κ1) is 97.9. The van der Waals surface area contributed by atoms with Crippen molar-refractivity contribution in [2.75, 3.05) is 25.4 Å². The van der Waals surface area contributed by atoms with Gasteiger partial charge in [-0.15, -0.1) is 5.06 Å². The number of esters is 3. The fourth-order valence-corrected chi connectivity index (χ4v) is 9.67. The molecule has 11 rings (SSSR count). The van der Waals surface area contributed by atoms with Crippen LogP contribution in [0.5, 0.6) is 28.7 Å². The van der Waals surface area contributed by atoms with Gasteiger partial charge in [0.25, 0.3) is 17.7 Å². The second-order valence-electron chi connectivity index (χ2n) is 24.3. The van der Waals surface area contributed by atoms with Crippen LogP contribution in [-0.2, 0) is 52.7 Å². The number of imide groups is 1. The van der Waals surface area contributed by atoms with Crippen LogP contribution in [-0.4, -0.2) is 110 Å². The van der Waals surface area contributed by atoms with Crippen LogP contribution in [0.15, 0.2) is 107 Å². The number of aryl methyl sites for hydroxylation is 4. The van der Waals surface area contributed by atoms with E-state index in [1.165, 1.54) is 58.9 Å². The van der Waals surface area contributed by atoms with Crippen molar-refractivity contribution in [1.82, 2.24) is 10.4 Å². The predicted octanol–water partition coefficient (Wildman–Crippen LogP) is 12.0. The first-order valence-corrected chi connectivity index (χ1v) is 35.2. The summed E-state index contributed by atoms with van der Waals surface area (Å²) in [5.41, 5.74) is -0.401. The van der Waals surface area contributed by atoms with Crippen LogP contribution in [0.2, 0.25) is 0 Å². The summed E-state index contributed by atoms with van der Waals surface area (Å²) < 4.78 is 176. The van der Waals surface area contributed by atoms with Gasteiger partial charge in [0.05, 0.1) is 0 Å². The number of carboxylic acid groups (broad SMARTS) is 2. The lowest BCUT2D eigenvalue weighted by Gasteiger charge is -2.09. The van der Waals surface area contributed by atoms with Crippen molar-refractivity contribution in [3.05, 3.63) is 199 Å². The molecule has 640 valence electrons. The number of alkyl halides is 1. The number of phenolic OH excluding ortho intramolecular Hbond substituents is 3. The molecule has 1 fully saturated rings. The number of nitrogens with two attached hydrogens (primary N) is 1. The Kier molecular flexibility index (Phi) is 37.6. The zero-order chi connectivity index (χ0) is 89.7. The molecule has 1 aliphatic heterocycles. The van der Waals surface area contributed by atoms with Gasteiger partial charge >= 0.3 is 63.9 Å². The minimum atomic E-state index is -1.42. The molecule has 0 bridgehead atoms. The molecule has 6 heterocycles. The molecule has 0 saturated carbocycles. The number of hydroxylamine groups is 2. The van der Waals surface area contributed by atoms with Gasteiger partial charge in [0.1, 0.15) is 11.1 Å². The quantitative estimate of drug-likeness (QED) is 0.00613. The minimum absolute atomic E-state index is 0.0339. The number of amides is 3. The summed E-state index contributed by atoms with van der Waals surface area (Å²) in [7, 11) is 0. The van der Waals surface area contributed by atoms with Crippen molar-refractivity contribution >= 4 is 124 Å². The van der Waals surface area contributed by atoms with Crippen molar-refractivity contribution < 1.29 is 158 Å². The Morgan fingerprint density at radius 1 is 0.437 bits per heavy atom. The minimum Gasteiger partial charge on any atom is -0.503 e. The molecule has 1 aliphatic rings. The largest absolute Gasteiger partial charge is 0.503 e. The van der Waals surface area contributed by atoms with Crippen molar-refractivity contribution in [2.45, 2.75) is 120 Å². The molecule has 0 atom stereocenters. The van der Waals surface area contributed by atoms with Crippen LogP contribution in [0.25, 0.3) is 54.8 Å². The Morgan fingerprint density at radius 2 is 0.773 bits per heavy atom. The number of aliphatic carboxylic acids is 2. The van der Waals surface area contributed by atoms with Gasteiger partial charge in [0.2, 0.25) is 41.6 Å². The van der Waals surface area contributed by atoms with Gasteiger partial charge in [0.15, 0.2) is 80.0 Å². The summed E-state index contributed by atoms with van der Waals surface area (Å²) in [5, 5.41) is 46.9. The summed E-state index contributed by atoms with van der Waals surface area (Å²) in [6, 6.07) is 10.6. The zero-order valence-corrected chi connectivity index (χ0v) is 65.0. The second-order valence-corrected chi connectivity index (χ2v) is 24.8. The number of rotatable bonds is 18. The van der Waals surface area contributed by atoms with E-state index < -0.39 is 203 Å². The van der Waals surface area contributed by atoms with Gasteiger partial charge in [-0.25, -0.2) is 50.7 Å². The van der Waals surface area contributed by atoms with Crippen LogP contribution in [0, 0.1) is 85.9 Å². The fraction of sp³-hybridized carbons (Fsp3) is 0.289. The highest BCUT2D eigenvalue weighted by atomic mass is 79.9. The average Bonchev–Trinajstić information content (AvgIpc) is 1.04. The third-order valence-electron chi connectivity index (χ3n) is 15.0. The van der Waals surface area contributed by atoms with Crippen molar-refractivity contribution in [3.8, 4) is 28.7 Å². The Hall–Kier alpha value is -13.5. The van der Waals surface area contributed by atoms with E-state index in [0.717, 1.165) is 76.4 Å². The Morgan fingerprint density at radius 3 is 1.11 bits per heavy atom. The Bertz CT molecular complexity index is 5690. The average molecular weight is 1760 g/mol. The molecule has 43 heteroatoms. The van der Waals surface area contributed by atoms with Crippen LogP contribution in [0.4, 0.5) is 43.9 Å². The number of carbonyl (C=O) groups excluding carboxylic acids is 7. The maximum absolute atomic E-state index is 14.0. The first-order chi connectivity index (χ1) is 55.8. The molecule has 1 saturated heterocycles. The number of hydrogen-bond donors (Lipinski definition) is 7. The number of halogens is 11. The van der Waals surface area contributed by atoms with E-state index in [2.05, 4.69) is 53.5 Å². The molecule has 5 aromatic carbocycles. The molecule has 5 aromatic heterocycles. The van der Waals surface area contributed by atoms with Gasteiger partial charge in [0, 0.05) is 109 Å². The van der Waals surface area contributed by atoms with Crippen LogP contribution in [0.1, 0.15) is 125 Å². The van der Waals surface area contributed by atoms with Gasteiger partial charge in [-0.05, 0) is 137 Å². The number of fused-ring (bicyclic) bond motifs is 5. The number of aromatic hydroxyl groups is 3. The third kappa shape index (κ3) is 28.7. The number of nitrogens with one attached hydrogen (secondary N) is 1. The number of nitrogens with zero attached hydrogens (tertiary/aromatic N) is 1. The number of benzene rings is 5. The highest BCUT2D eigenvalue weighted by molar-refractivity contribution is 9.09. The normalized spacial score (nSPS) is 11.1. The molecule has 10 aromatic rings. The molecular formula is C76H70BrF10N3O29. The number of hydrogen-bond acceptors (Lipinski definition) is 28. The SMILES string of the molecule is CC(=O)OCBr.CC(=O)OCOc1c(F)cc2cc(C)c(=O)oc2c1F.CC(=O)ON1C(=O)CCC1=O.CC(=O)Oc1c(F)cc2cc(C)c(=O)oc2c1F.Cc1cc2cc(F)c(O)c(F)c2oc1=O.Cc1cc2cc(F)c(O)c(F)c2oc1=O.NCCCCCC(=O)O.O=C(O)CCCCCNC(=O)c1cc2cc(F)c(O)c(F)c2oc1=O. The molecule has 0 unspecified atom stereocenters. The van der Waals surface area contributed by atoms with E-state index in [-0.39, 0.29) is 87.4 Å². The maximum atomic E-state index is 14.0. The summed E-state index contributed by atoms with van der Waals surface area (Å²) in [4.78, 5) is 156. The van der Waals surface area contributed by atoms with Crippen molar-refractivity contribution in [2.24, 2.45) is 5.73 Å². The van der Waals surface area contributed by atoms with E-state index in [1.807, 2.05) is 0 Å². The van der Waals surface area contributed by atoms with E-state index in [4.69, 9.17) is 44.8 Å². The molecule has 8 N–H and O–H groups in total. The van der Waals surface area contributed by atoms with Gasteiger partial charge in [-0.1, -0.05) is 12.8 Å². The highest BCUT2D eigenvalue weighted by Gasteiger charge is 2.32. The zero-order valence-electron chi connectivity index (χ0n) is 63.4. The van der Waals surface area contributed by atoms with Crippen molar-refractivity contribution in [3.63, 3.8) is 0 Å². The van der Waals surface area contributed by atoms with Crippen LogP contribution >= 0.6 is 15.9 Å². The van der Waals surface area contributed by atoms with Gasteiger partial charge in [-0.2, -0.15) is 22.0 Å². The fourth-order valence-electron chi connectivity index (χ4n) is 9.35. The van der Waals surface area contributed by atoms with E-state index in [9.17, 15) is 111 Å².